The molecule has 0 atom stereocenters. The van der Waals surface area contributed by atoms with E-state index in [1.165, 1.54) is 5.56 Å². The maximum atomic E-state index is 12.6. The van der Waals surface area contributed by atoms with Gasteiger partial charge in [-0.2, -0.15) is 0 Å². The predicted molar refractivity (Wildman–Crippen MR) is 121 cm³/mol. The second-order valence-electron chi connectivity index (χ2n) is 7.56. The molecule has 0 aliphatic carbocycles. The molecule has 31 heavy (non-hydrogen) atoms. The third kappa shape index (κ3) is 4.94. The molecule has 1 aliphatic heterocycles. The van der Waals surface area contributed by atoms with Crippen molar-refractivity contribution in [2.24, 2.45) is 0 Å². The van der Waals surface area contributed by atoms with Crippen LogP contribution in [0.5, 0.6) is 5.75 Å². The standard InChI is InChI=1S/C24H27N5O2/c1-18-5-3-4-6-21(18)22-15-23(27-17-26-22)28-11-13-29(14-12-28)24(30)25-16-19-7-9-20(31-2)10-8-19/h3-10,15,17H,11-14,16H2,1-2H3,(H,25,30). The molecule has 0 unspecified atom stereocenters. The van der Waals surface area contributed by atoms with Crippen LogP contribution in [0.25, 0.3) is 11.3 Å². The topological polar surface area (TPSA) is 70.6 Å². The number of piperazine rings is 1. The number of carbonyl (C=O) groups is 1. The van der Waals surface area contributed by atoms with Crippen LogP contribution in [0, 0.1) is 6.92 Å². The second kappa shape index (κ2) is 9.47. The third-order valence-corrected chi connectivity index (χ3v) is 5.57. The highest BCUT2D eigenvalue weighted by Crippen LogP contribution is 2.24. The van der Waals surface area contributed by atoms with Gasteiger partial charge in [-0.15, -0.1) is 0 Å². The third-order valence-electron chi connectivity index (χ3n) is 5.57. The molecular weight excluding hydrogens is 390 g/mol. The lowest BCUT2D eigenvalue weighted by atomic mass is 10.1. The fourth-order valence-electron chi connectivity index (χ4n) is 3.70. The molecule has 1 aliphatic rings. The van der Waals surface area contributed by atoms with E-state index in [2.05, 4.69) is 39.2 Å². The fourth-order valence-corrected chi connectivity index (χ4v) is 3.70. The van der Waals surface area contributed by atoms with Crippen molar-refractivity contribution in [3.8, 4) is 17.0 Å². The molecule has 1 fully saturated rings. The van der Waals surface area contributed by atoms with E-state index >= 15 is 0 Å². The molecule has 0 spiro atoms. The number of carbonyl (C=O) groups excluding carboxylic acids is 1. The van der Waals surface area contributed by atoms with Crippen LogP contribution < -0.4 is 15.0 Å². The zero-order valence-electron chi connectivity index (χ0n) is 17.9. The first-order valence-electron chi connectivity index (χ1n) is 10.4. The molecule has 0 saturated carbocycles. The van der Waals surface area contributed by atoms with Crippen LogP contribution in [0.15, 0.2) is 60.9 Å². The Hall–Kier alpha value is -3.61. The van der Waals surface area contributed by atoms with Crippen molar-refractivity contribution in [1.29, 1.82) is 0 Å². The first kappa shape index (κ1) is 20.7. The molecule has 4 rings (SSSR count). The summed E-state index contributed by atoms with van der Waals surface area (Å²) < 4.78 is 5.17. The van der Waals surface area contributed by atoms with Crippen LogP contribution in [0.2, 0.25) is 0 Å². The summed E-state index contributed by atoms with van der Waals surface area (Å²) >= 11 is 0. The minimum absolute atomic E-state index is 0.0428. The SMILES string of the molecule is COc1ccc(CNC(=O)N2CCN(c3cc(-c4ccccc4C)ncn3)CC2)cc1. The summed E-state index contributed by atoms with van der Waals surface area (Å²) in [6.07, 6.45) is 1.62. The number of hydrogen-bond acceptors (Lipinski definition) is 5. The lowest BCUT2D eigenvalue weighted by molar-refractivity contribution is 0.194. The molecule has 2 heterocycles. The van der Waals surface area contributed by atoms with Crippen LogP contribution in [-0.4, -0.2) is 54.2 Å². The van der Waals surface area contributed by atoms with Crippen molar-refractivity contribution >= 4 is 11.8 Å². The lowest BCUT2D eigenvalue weighted by Gasteiger charge is -2.35. The van der Waals surface area contributed by atoms with Crippen LogP contribution in [0.3, 0.4) is 0 Å². The number of hydrogen-bond donors (Lipinski definition) is 1. The van der Waals surface area contributed by atoms with Gasteiger partial charge >= 0.3 is 6.03 Å². The van der Waals surface area contributed by atoms with Crippen LogP contribution >= 0.6 is 0 Å². The van der Waals surface area contributed by atoms with Gasteiger partial charge in [0.05, 0.1) is 12.8 Å². The van der Waals surface area contributed by atoms with E-state index in [1.807, 2.05) is 47.4 Å². The van der Waals surface area contributed by atoms with Crippen LogP contribution in [0.4, 0.5) is 10.6 Å². The molecule has 1 saturated heterocycles. The van der Waals surface area contributed by atoms with Crippen LogP contribution in [-0.2, 0) is 6.54 Å². The number of anilines is 1. The molecule has 3 aromatic rings. The van der Waals surface area contributed by atoms with Crippen molar-refractivity contribution in [2.45, 2.75) is 13.5 Å². The zero-order chi connectivity index (χ0) is 21.6. The molecule has 7 heteroatoms. The smallest absolute Gasteiger partial charge is 0.317 e. The molecular formula is C24H27N5O2. The predicted octanol–water partition coefficient (Wildman–Crippen LogP) is 3.49. The average Bonchev–Trinajstić information content (AvgIpc) is 2.83. The number of benzene rings is 2. The second-order valence-corrected chi connectivity index (χ2v) is 7.56. The fraction of sp³-hybridized carbons (Fsp3) is 0.292. The van der Waals surface area contributed by atoms with Crippen molar-refractivity contribution < 1.29 is 9.53 Å². The van der Waals surface area contributed by atoms with E-state index in [9.17, 15) is 4.79 Å². The number of nitrogens with zero attached hydrogens (tertiary/aromatic N) is 4. The number of aryl methyl sites for hydroxylation is 1. The van der Waals surface area contributed by atoms with Crippen molar-refractivity contribution in [3.63, 3.8) is 0 Å². The Balaban J connectivity index is 1.32. The van der Waals surface area contributed by atoms with Crippen molar-refractivity contribution in [1.82, 2.24) is 20.2 Å². The van der Waals surface area contributed by atoms with Crippen molar-refractivity contribution in [3.05, 3.63) is 72.1 Å². The summed E-state index contributed by atoms with van der Waals surface area (Å²) in [4.78, 5) is 25.5. The van der Waals surface area contributed by atoms with Gasteiger partial charge in [0, 0.05) is 44.4 Å². The van der Waals surface area contributed by atoms with E-state index in [1.54, 1.807) is 13.4 Å². The maximum absolute atomic E-state index is 12.6. The normalized spacial score (nSPS) is 13.7. The average molecular weight is 418 g/mol. The molecule has 0 bridgehead atoms. The minimum Gasteiger partial charge on any atom is -0.497 e. The Bertz CT molecular complexity index is 1030. The van der Waals surface area contributed by atoms with Crippen LogP contribution in [0.1, 0.15) is 11.1 Å². The number of aromatic nitrogens is 2. The Morgan fingerprint density at radius 2 is 1.77 bits per heavy atom. The first-order chi connectivity index (χ1) is 15.1. The van der Waals surface area contributed by atoms with E-state index < -0.39 is 0 Å². The zero-order valence-corrected chi connectivity index (χ0v) is 17.9. The Morgan fingerprint density at radius 1 is 1.03 bits per heavy atom. The number of ether oxygens (including phenoxy) is 1. The first-order valence-corrected chi connectivity index (χ1v) is 10.4. The monoisotopic (exact) mass is 417 g/mol. The van der Waals surface area contributed by atoms with Gasteiger partial charge in [-0.3, -0.25) is 0 Å². The summed E-state index contributed by atoms with van der Waals surface area (Å²) in [7, 11) is 1.64. The van der Waals surface area contributed by atoms with E-state index in [-0.39, 0.29) is 6.03 Å². The van der Waals surface area contributed by atoms with E-state index in [4.69, 9.17) is 4.74 Å². The lowest BCUT2D eigenvalue weighted by Crippen LogP contribution is -2.51. The Kier molecular flexibility index (Phi) is 6.31. The highest BCUT2D eigenvalue weighted by molar-refractivity contribution is 5.74. The molecule has 160 valence electrons. The number of amides is 2. The Morgan fingerprint density at radius 3 is 2.48 bits per heavy atom. The summed E-state index contributed by atoms with van der Waals surface area (Å²) in [6.45, 7) is 5.35. The molecule has 1 aromatic heterocycles. The summed E-state index contributed by atoms with van der Waals surface area (Å²) in [5.41, 5.74) is 4.26. The van der Waals surface area contributed by atoms with Gasteiger partial charge in [0.25, 0.3) is 0 Å². The van der Waals surface area contributed by atoms with Crippen molar-refractivity contribution in [2.75, 3.05) is 38.2 Å². The molecule has 0 radical (unpaired) electrons. The largest absolute Gasteiger partial charge is 0.497 e. The molecule has 7 nitrogen and oxygen atoms in total. The number of nitrogens with one attached hydrogen (secondary N) is 1. The van der Waals surface area contributed by atoms with Gasteiger partial charge in [0.1, 0.15) is 17.9 Å². The number of rotatable bonds is 5. The van der Waals surface area contributed by atoms with Gasteiger partial charge in [-0.05, 0) is 30.2 Å². The molecule has 2 amide bonds. The summed E-state index contributed by atoms with van der Waals surface area (Å²) in [5, 5.41) is 3.00. The quantitative estimate of drug-likeness (QED) is 0.688. The molecule has 2 aromatic carbocycles. The summed E-state index contributed by atoms with van der Waals surface area (Å²) in [6, 6.07) is 17.9. The summed E-state index contributed by atoms with van der Waals surface area (Å²) in [5.74, 6) is 1.70. The van der Waals surface area contributed by atoms with Gasteiger partial charge in [0.15, 0.2) is 0 Å². The Labute approximate surface area is 182 Å². The minimum atomic E-state index is -0.0428. The van der Waals surface area contributed by atoms with E-state index in [0.717, 1.165) is 41.5 Å². The molecule has 1 N–H and O–H groups in total. The van der Waals surface area contributed by atoms with Gasteiger partial charge < -0.3 is 19.9 Å². The van der Waals surface area contributed by atoms with Gasteiger partial charge in [-0.1, -0.05) is 36.4 Å². The highest BCUT2D eigenvalue weighted by Gasteiger charge is 2.22. The van der Waals surface area contributed by atoms with Gasteiger partial charge in [0.2, 0.25) is 0 Å². The number of urea groups is 1. The highest BCUT2D eigenvalue weighted by atomic mass is 16.5. The maximum Gasteiger partial charge on any atom is 0.317 e. The van der Waals surface area contributed by atoms with E-state index in [0.29, 0.717) is 19.6 Å². The number of methoxy groups -OCH3 is 1. The van der Waals surface area contributed by atoms with Gasteiger partial charge in [-0.25, -0.2) is 14.8 Å².